The topological polar surface area (TPSA) is 21.3 Å². The van der Waals surface area contributed by atoms with Gasteiger partial charge in [-0.2, -0.15) is 13.2 Å². The monoisotopic (exact) mass is 261 g/mol. The molecule has 0 aliphatic carbocycles. The van der Waals surface area contributed by atoms with Crippen LogP contribution in [0.25, 0.3) is 0 Å². The van der Waals surface area contributed by atoms with E-state index in [0.29, 0.717) is 22.6 Å². The second kappa shape index (κ2) is 3.95. The van der Waals surface area contributed by atoms with E-state index < -0.39 is 11.7 Å². The minimum absolute atomic E-state index is 0.145. The number of anilines is 2. The van der Waals surface area contributed by atoms with E-state index in [1.165, 1.54) is 6.07 Å². The molecule has 3 rings (SSSR count). The van der Waals surface area contributed by atoms with E-state index in [-0.39, 0.29) is 5.75 Å². The number of alkyl halides is 3. The predicted octanol–water partition coefficient (Wildman–Crippen LogP) is 3.35. The zero-order chi connectivity index (χ0) is 13.6. The molecule has 1 aliphatic heterocycles. The van der Waals surface area contributed by atoms with Gasteiger partial charge in [-0.05, 0) is 30.3 Å². The molecule has 0 atom stereocenters. The van der Waals surface area contributed by atoms with Gasteiger partial charge in [0.1, 0.15) is 7.85 Å². The van der Waals surface area contributed by atoms with E-state index >= 15 is 0 Å². The number of fused-ring (bicyclic) bond motifs is 2. The lowest BCUT2D eigenvalue weighted by Gasteiger charge is -2.23. The lowest BCUT2D eigenvalue weighted by Crippen LogP contribution is -2.10. The van der Waals surface area contributed by atoms with Crippen molar-refractivity contribution in [3.8, 4) is 11.5 Å². The van der Waals surface area contributed by atoms with Crippen molar-refractivity contribution >= 4 is 24.7 Å². The summed E-state index contributed by atoms with van der Waals surface area (Å²) < 4.78 is 43.3. The van der Waals surface area contributed by atoms with Gasteiger partial charge in [0, 0.05) is 0 Å². The Balaban J connectivity index is 2.03. The summed E-state index contributed by atoms with van der Waals surface area (Å²) in [5.41, 5.74) is 0.913. The average molecular weight is 261 g/mol. The normalized spacial score (nSPS) is 13.0. The molecule has 0 bridgehead atoms. The molecule has 1 heterocycles. The summed E-state index contributed by atoms with van der Waals surface area (Å²) >= 11 is 0. The summed E-state index contributed by atoms with van der Waals surface area (Å²) in [4.78, 5) is 0. The molecule has 0 fully saturated rings. The number of benzene rings is 2. The number of hydrogen-bond acceptors (Lipinski definition) is 2. The summed E-state index contributed by atoms with van der Waals surface area (Å²) in [5, 5.41) is 2.99. The molecule has 2 aromatic carbocycles. The van der Waals surface area contributed by atoms with Crippen LogP contribution in [-0.4, -0.2) is 7.85 Å². The third-order valence-corrected chi connectivity index (χ3v) is 2.80. The minimum Gasteiger partial charge on any atom is -0.453 e. The average Bonchev–Trinajstić information content (AvgIpc) is 2.34. The highest BCUT2D eigenvalue weighted by atomic mass is 19.4. The van der Waals surface area contributed by atoms with E-state index in [2.05, 4.69) is 5.32 Å². The molecular formula is C13H7BF3NO. The molecule has 6 heteroatoms. The quantitative estimate of drug-likeness (QED) is 0.626. The van der Waals surface area contributed by atoms with Crippen molar-refractivity contribution in [1.82, 2.24) is 0 Å². The molecule has 0 saturated carbocycles. The first kappa shape index (κ1) is 12.0. The Morgan fingerprint density at radius 2 is 1.74 bits per heavy atom. The maximum atomic E-state index is 12.6. The molecule has 94 valence electrons. The third kappa shape index (κ3) is 2.14. The van der Waals surface area contributed by atoms with Crippen LogP contribution in [0.15, 0.2) is 36.4 Å². The molecule has 0 unspecified atom stereocenters. The SMILES string of the molecule is [B]c1ccc2c(c1)Nc1ccc(C(F)(F)F)cc1O2. The Kier molecular flexibility index (Phi) is 2.48. The van der Waals surface area contributed by atoms with Crippen molar-refractivity contribution in [3.05, 3.63) is 42.0 Å². The van der Waals surface area contributed by atoms with E-state index in [0.717, 1.165) is 12.1 Å². The molecule has 1 aliphatic rings. The number of hydrogen-bond donors (Lipinski definition) is 1. The van der Waals surface area contributed by atoms with Crippen LogP contribution in [-0.2, 0) is 6.18 Å². The molecular weight excluding hydrogens is 254 g/mol. The lowest BCUT2D eigenvalue weighted by atomic mass is 9.95. The van der Waals surface area contributed by atoms with Crippen molar-refractivity contribution in [2.45, 2.75) is 6.18 Å². The Bertz CT molecular complexity index is 655. The summed E-state index contributed by atoms with van der Waals surface area (Å²) in [6, 6.07) is 8.22. The molecule has 0 aromatic heterocycles. The maximum Gasteiger partial charge on any atom is 0.416 e. The number of halogens is 3. The fourth-order valence-electron chi connectivity index (χ4n) is 1.88. The fourth-order valence-corrected chi connectivity index (χ4v) is 1.88. The zero-order valence-electron chi connectivity index (χ0n) is 9.58. The number of ether oxygens (including phenoxy) is 1. The second-order valence-electron chi connectivity index (χ2n) is 4.19. The van der Waals surface area contributed by atoms with Gasteiger partial charge in [-0.3, -0.25) is 0 Å². The highest BCUT2D eigenvalue weighted by Crippen LogP contribution is 2.43. The Morgan fingerprint density at radius 3 is 2.47 bits per heavy atom. The van der Waals surface area contributed by atoms with Gasteiger partial charge in [-0.15, -0.1) is 0 Å². The molecule has 2 nitrogen and oxygen atoms in total. The van der Waals surface area contributed by atoms with Crippen LogP contribution in [0.1, 0.15) is 5.56 Å². The highest BCUT2D eigenvalue weighted by Gasteiger charge is 2.32. The third-order valence-electron chi connectivity index (χ3n) is 2.80. The van der Waals surface area contributed by atoms with Gasteiger partial charge in [0.15, 0.2) is 11.5 Å². The van der Waals surface area contributed by atoms with Gasteiger partial charge in [0.05, 0.1) is 16.9 Å². The Labute approximate surface area is 108 Å². The summed E-state index contributed by atoms with van der Waals surface area (Å²) in [7, 11) is 5.64. The first-order valence-corrected chi connectivity index (χ1v) is 5.49. The fraction of sp³-hybridized carbons (Fsp3) is 0.0769. The molecule has 0 saturated heterocycles. The van der Waals surface area contributed by atoms with E-state index in [4.69, 9.17) is 12.6 Å². The van der Waals surface area contributed by atoms with Crippen molar-refractivity contribution < 1.29 is 17.9 Å². The summed E-state index contributed by atoms with van der Waals surface area (Å²) in [6.45, 7) is 0. The van der Waals surface area contributed by atoms with Crippen LogP contribution < -0.4 is 15.5 Å². The number of rotatable bonds is 0. The van der Waals surface area contributed by atoms with Crippen LogP contribution in [0.4, 0.5) is 24.5 Å². The maximum absolute atomic E-state index is 12.6. The van der Waals surface area contributed by atoms with E-state index in [1.54, 1.807) is 18.2 Å². The number of nitrogens with one attached hydrogen (secondary N) is 1. The van der Waals surface area contributed by atoms with Crippen molar-refractivity contribution in [2.75, 3.05) is 5.32 Å². The highest BCUT2D eigenvalue weighted by molar-refractivity contribution is 6.32. The molecule has 0 amide bonds. The van der Waals surface area contributed by atoms with Crippen LogP contribution in [0.2, 0.25) is 0 Å². The van der Waals surface area contributed by atoms with Crippen LogP contribution in [0, 0.1) is 0 Å². The van der Waals surface area contributed by atoms with Crippen molar-refractivity contribution in [3.63, 3.8) is 0 Å². The van der Waals surface area contributed by atoms with Gasteiger partial charge in [0.25, 0.3) is 0 Å². The van der Waals surface area contributed by atoms with Gasteiger partial charge < -0.3 is 10.1 Å². The predicted molar refractivity (Wildman–Crippen MR) is 66.6 cm³/mol. The second-order valence-corrected chi connectivity index (χ2v) is 4.19. The zero-order valence-corrected chi connectivity index (χ0v) is 9.58. The van der Waals surface area contributed by atoms with Crippen LogP contribution in [0.5, 0.6) is 11.5 Å². The standard InChI is InChI=1S/C13H7BF3NO/c14-8-2-4-11-10(6-8)18-9-3-1-7(13(15,16)17)5-12(9)19-11/h1-6,18H. The molecule has 2 radical (unpaired) electrons. The van der Waals surface area contributed by atoms with Gasteiger partial charge in [0.2, 0.25) is 0 Å². The largest absolute Gasteiger partial charge is 0.453 e. The molecule has 19 heavy (non-hydrogen) atoms. The van der Waals surface area contributed by atoms with Crippen LogP contribution in [0.3, 0.4) is 0 Å². The van der Waals surface area contributed by atoms with Gasteiger partial charge in [-0.1, -0.05) is 11.5 Å². The summed E-state index contributed by atoms with van der Waals surface area (Å²) in [5.74, 6) is 0.591. The van der Waals surface area contributed by atoms with Crippen LogP contribution >= 0.6 is 0 Å². The Hall–Kier alpha value is -2.11. The molecule has 2 aromatic rings. The lowest BCUT2D eigenvalue weighted by molar-refractivity contribution is -0.137. The van der Waals surface area contributed by atoms with E-state index in [1.807, 2.05) is 0 Å². The van der Waals surface area contributed by atoms with E-state index in [9.17, 15) is 13.2 Å². The molecule has 1 N–H and O–H groups in total. The Morgan fingerprint density at radius 1 is 0.947 bits per heavy atom. The van der Waals surface area contributed by atoms with Gasteiger partial charge >= 0.3 is 6.18 Å². The van der Waals surface area contributed by atoms with Crippen molar-refractivity contribution in [2.24, 2.45) is 0 Å². The first-order valence-electron chi connectivity index (χ1n) is 5.49. The first-order chi connectivity index (χ1) is 8.93. The minimum atomic E-state index is -4.39. The van der Waals surface area contributed by atoms with Crippen molar-refractivity contribution in [1.29, 1.82) is 0 Å². The van der Waals surface area contributed by atoms with Gasteiger partial charge in [-0.25, -0.2) is 0 Å². The smallest absolute Gasteiger partial charge is 0.416 e. The molecule has 0 spiro atoms. The summed E-state index contributed by atoms with van der Waals surface area (Å²) in [6.07, 6.45) is -4.39.